The van der Waals surface area contributed by atoms with Gasteiger partial charge in [0.15, 0.2) is 5.69 Å². The molecular weight excluding hydrogens is 248 g/mol. The molecule has 100 valence electrons. The summed E-state index contributed by atoms with van der Waals surface area (Å²) in [6.07, 6.45) is 4.21. The quantitative estimate of drug-likeness (QED) is 0.733. The van der Waals surface area contributed by atoms with E-state index < -0.39 is 5.97 Å². The molecule has 8 nitrogen and oxygen atoms in total. The summed E-state index contributed by atoms with van der Waals surface area (Å²) < 4.78 is 1.72. The largest absolute Gasteiger partial charge is 0.477 e. The number of rotatable bonds is 6. The van der Waals surface area contributed by atoms with Gasteiger partial charge in [-0.05, 0) is 19.4 Å². The van der Waals surface area contributed by atoms with Gasteiger partial charge < -0.3 is 10.4 Å². The third kappa shape index (κ3) is 3.73. The van der Waals surface area contributed by atoms with Gasteiger partial charge in [0.1, 0.15) is 0 Å². The Hall–Kier alpha value is -2.51. The highest BCUT2D eigenvalue weighted by atomic mass is 16.4. The highest BCUT2D eigenvalue weighted by Gasteiger charge is 2.08. The molecule has 19 heavy (non-hydrogen) atoms. The molecule has 2 N–H and O–H groups in total. The number of carboxylic acids is 1. The van der Waals surface area contributed by atoms with E-state index in [1.165, 1.54) is 6.07 Å². The summed E-state index contributed by atoms with van der Waals surface area (Å²) in [5.74, 6) is -0.729. The van der Waals surface area contributed by atoms with Gasteiger partial charge in [-0.1, -0.05) is 5.21 Å². The van der Waals surface area contributed by atoms with Crippen molar-refractivity contribution in [1.29, 1.82) is 0 Å². The van der Waals surface area contributed by atoms with Crippen LogP contribution in [0.5, 0.6) is 0 Å². The van der Waals surface area contributed by atoms with Gasteiger partial charge in [0.05, 0.1) is 6.20 Å². The maximum absolute atomic E-state index is 10.9. The maximum atomic E-state index is 10.9. The van der Waals surface area contributed by atoms with Crippen molar-refractivity contribution in [2.45, 2.75) is 19.9 Å². The monoisotopic (exact) mass is 262 g/mol. The molecule has 2 rings (SSSR count). The predicted molar refractivity (Wildman–Crippen MR) is 66.9 cm³/mol. The van der Waals surface area contributed by atoms with Crippen LogP contribution in [0.1, 0.15) is 22.6 Å². The molecule has 0 fully saturated rings. The van der Waals surface area contributed by atoms with Crippen molar-refractivity contribution < 1.29 is 9.90 Å². The normalized spacial score (nSPS) is 10.4. The molecule has 8 heteroatoms. The van der Waals surface area contributed by atoms with Crippen LogP contribution in [0, 0.1) is 6.92 Å². The summed E-state index contributed by atoms with van der Waals surface area (Å²) in [7, 11) is 0. The standard InChI is InChI=1S/C11H14N6O2/c1-8-7-9(10(18)19)15-11(14-8)12-3-2-5-17-6-4-13-16-17/h4,6-7H,2-3,5H2,1H3,(H,18,19)(H,12,14,15). The van der Waals surface area contributed by atoms with Gasteiger partial charge in [0.2, 0.25) is 5.95 Å². The summed E-state index contributed by atoms with van der Waals surface area (Å²) in [4.78, 5) is 18.9. The number of hydrogen-bond donors (Lipinski definition) is 2. The van der Waals surface area contributed by atoms with Crippen molar-refractivity contribution in [2.24, 2.45) is 0 Å². The molecule has 0 spiro atoms. The molecule has 0 atom stereocenters. The van der Waals surface area contributed by atoms with Crippen LogP contribution in [-0.4, -0.2) is 42.6 Å². The number of carbonyl (C=O) groups is 1. The number of anilines is 1. The molecule has 0 saturated carbocycles. The Morgan fingerprint density at radius 2 is 2.32 bits per heavy atom. The fourth-order valence-corrected chi connectivity index (χ4v) is 1.55. The van der Waals surface area contributed by atoms with Gasteiger partial charge in [0, 0.05) is 25.0 Å². The maximum Gasteiger partial charge on any atom is 0.354 e. The van der Waals surface area contributed by atoms with Crippen LogP contribution in [0.3, 0.4) is 0 Å². The van der Waals surface area contributed by atoms with Gasteiger partial charge in [0.25, 0.3) is 0 Å². The number of aromatic nitrogens is 5. The highest BCUT2D eigenvalue weighted by molar-refractivity contribution is 5.85. The van der Waals surface area contributed by atoms with E-state index in [9.17, 15) is 4.79 Å². The molecule has 0 unspecified atom stereocenters. The van der Waals surface area contributed by atoms with Gasteiger partial charge in [-0.3, -0.25) is 4.68 Å². The minimum absolute atomic E-state index is 0.00808. The minimum Gasteiger partial charge on any atom is -0.477 e. The molecule has 0 aromatic carbocycles. The van der Waals surface area contributed by atoms with Crippen LogP contribution in [0.25, 0.3) is 0 Å². The summed E-state index contributed by atoms with van der Waals surface area (Å²) in [5.41, 5.74) is 0.609. The van der Waals surface area contributed by atoms with E-state index in [0.29, 0.717) is 18.2 Å². The van der Waals surface area contributed by atoms with E-state index in [2.05, 4.69) is 25.6 Å². The topological polar surface area (TPSA) is 106 Å². The van der Waals surface area contributed by atoms with E-state index in [-0.39, 0.29) is 5.69 Å². The lowest BCUT2D eigenvalue weighted by Crippen LogP contribution is -2.12. The van der Waals surface area contributed by atoms with E-state index in [1.54, 1.807) is 24.0 Å². The molecule has 2 heterocycles. The molecule has 2 aromatic heterocycles. The van der Waals surface area contributed by atoms with Crippen LogP contribution >= 0.6 is 0 Å². The average molecular weight is 262 g/mol. The Bertz CT molecular complexity index is 554. The lowest BCUT2D eigenvalue weighted by atomic mass is 10.3. The Morgan fingerprint density at radius 1 is 1.47 bits per heavy atom. The first-order chi connectivity index (χ1) is 9.15. The number of nitrogens with zero attached hydrogens (tertiary/aromatic N) is 5. The second-order valence-electron chi connectivity index (χ2n) is 3.97. The number of aromatic carboxylic acids is 1. The molecule has 0 amide bonds. The molecule has 0 saturated heterocycles. The zero-order chi connectivity index (χ0) is 13.7. The first-order valence-corrected chi connectivity index (χ1v) is 5.82. The summed E-state index contributed by atoms with van der Waals surface area (Å²) in [6.45, 7) is 3.09. The Balaban J connectivity index is 1.87. The number of aryl methyl sites for hydroxylation is 2. The van der Waals surface area contributed by atoms with Gasteiger partial charge in [-0.15, -0.1) is 5.10 Å². The van der Waals surface area contributed by atoms with E-state index in [4.69, 9.17) is 5.11 Å². The lowest BCUT2D eigenvalue weighted by molar-refractivity contribution is 0.0690. The first-order valence-electron chi connectivity index (χ1n) is 5.82. The molecule has 2 aromatic rings. The number of nitrogens with one attached hydrogen (secondary N) is 1. The molecular formula is C11H14N6O2. The number of carboxylic acid groups (broad SMARTS) is 1. The second kappa shape index (κ2) is 5.89. The van der Waals surface area contributed by atoms with E-state index in [0.717, 1.165) is 13.0 Å². The van der Waals surface area contributed by atoms with Crippen molar-refractivity contribution in [3.05, 3.63) is 29.8 Å². The van der Waals surface area contributed by atoms with Crippen LogP contribution in [-0.2, 0) is 6.54 Å². The molecule has 0 aliphatic heterocycles. The first kappa shape index (κ1) is 12.9. The third-order valence-electron chi connectivity index (χ3n) is 2.39. The fraction of sp³-hybridized carbons (Fsp3) is 0.364. The SMILES string of the molecule is Cc1cc(C(=O)O)nc(NCCCn2ccnn2)n1. The van der Waals surface area contributed by atoms with Crippen molar-refractivity contribution >= 4 is 11.9 Å². The van der Waals surface area contributed by atoms with Gasteiger partial charge in [-0.2, -0.15) is 0 Å². The van der Waals surface area contributed by atoms with Crippen LogP contribution in [0.4, 0.5) is 5.95 Å². The number of hydrogen-bond acceptors (Lipinski definition) is 6. The van der Waals surface area contributed by atoms with Gasteiger partial charge in [-0.25, -0.2) is 14.8 Å². The highest BCUT2D eigenvalue weighted by Crippen LogP contribution is 2.05. The van der Waals surface area contributed by atoms with Crippen LogP contribution in [0.2, 0.25) is 0 Å². The molecule has 0 aliphatic rings. The molecule has 0 radical (unpaired) electrons. The summed E-state index contributed by atoms with van der Waals surface area (Å²) in [6, 6.07) is 1.43. The van der Waals surface area contributed by atoms with Crippen molar-refractivity contribution in [2.75, 3.05) is 11.9 Å². The molecule has 0 bridgehead atoms. The van der Waals surface area contributed by atoms with Gasteiger partial charge >= 0.3 is 5.97 Å². The van der Waals surface area contributed by atoms with E-state index >= 15 is 0 Å². The second-order valence-corrected chi connectivity index (χ2v) is 3.97. The Morgan fingerprint density at radius 3 is 3.00 bits per heavy atom. The van der Waals surface area contributed by atoms with Crippen molar-refractivity contribution in [3.63, 3.8) is 0 Å². The smallest absolute Gasteiger partial charge is 0.354 e. The zero-order valence-electron chi connectivity index (χ0n) is 10.4. The van der Waals surface area contributed by atoms with Crippen molar-refractivity contribution in [1.82, 2.24) is 25.0 Å². The fourth-order valence-electron chi connectivity index (χ4n) is 1.55. The molecule has 0 aliphatic carbocycles. The van der Waals surface area contributed by atoms with E-state index in [1.807, 2.05) is 0 Å². The zero-order valence-corrected chi connectivity index (χ0v) is 10.4. The third-order valence-corrected chi connectivity index (χ3v) is 2.39. The minimum atomic E-state index is -1.06. The van der Waals surface area contributed by atoms with Crippen LogP contribution in [0.15, 0.2) is 18.5 Å². The lowest BCUT2D eigenvalue weighted by Gasteiger charge is -2.06. The predicted octanol–water partition coefficient (Wildman–Crippen LogP) is 0.577. The average Bonchev–Trinajstić information content (AvgIpc) is 2.87. The van der Waals surface area contributed by atoms with Crippen LogP contribution < -0.4 is 5.32 Å². The Kier molecular flexibility index (Phi) is 4.01. The van der Waals surface area contributed by atoms with Crippen molar-refractivity contribution in [3.8, 4) is 0 Å². The summed E-state index contributed by atoms with van der Waals surface area (Å²) in [5, 5.41) is 19.4. The summed E-state index contributed by atoms with van der Waals surface area (Å²) >= 11 is 0. The Labute approximate surface area is 109 Å².